The van der Waals surface area contributed by atoms with Crippen LogP contribution in [0, 0.1) is 12.8 Å². The predicted octanol–water partition coefficient (Wildman–Crippen LogP) is 3.49. The van der Waals surface area contributed by atoms with Gasteiger partial charge in [0, 0.05) is 6.42 Å². The van der Waals surface area contributed by atoms with Crippen molar-refractivity contribution in [2.45, 2.75) is 51.6 Å². The van der Waals surface area contributed by atoms with Crippen LogP contribution in [-0.2, 0) is 6.42 Å². The maximum atomic E-state index is 10.8. The third-order valence-corrected chi connectivity index (χ3v) is 4.35. The first-order chi connectivity index (χ1) is 8.55. The van der Waals surface area contributed by atoms with E-state index in [4.69, 9.17) is 4.74 Å². The second-order valence-electron chi connectivity index (χ2n) is 5.74. The van der Waals surface area contributed by atoms with Gasteiger partial charge in [0.25, 0.3) is 0 Å². The van der Waals surface area contributed by atoms with Gasteiger partial charge in [0.2, 0.25) is 0 Å². The SMILES string of the molecule is COc1ccc(C)cc1CC1(O)CCCCC1C. The molecule has 2 nitrogen and oxygen atoms in total. The van der Waals surface area contributed by atoms with Gasteiger partial charge in [-0.25, -0.2) is 0 Å². The molecule has 1 aliphatic carbocycles. The van der Waals surface area contributed by atoms with E-state index in [1.165, 1.54) is 12.0 Å². The molecule has 0 radical (unpaired) electrons. The van der Waals surface area contributed by atoms with Gasteiger partial charge in [0.05, 0.1) is 12.7 Å². The number of aryl methyl sites for hydroxylation is 1. The Morgan fingerprint density at radius 2 is 2.17 bits per heavy atom. The van der Waals surface area contributed by atoms with Gasteiger partial charge in [-0.1, -0.05) is 37.5 Å². The van der Waals surface area contributed by atoms with Crippen LogP contribution in [0.3, 0.4) is 0 Å². The van der Waals surface area contributed by atoms with Crippen LogP contribution in [-0.4, -0.2) is 17.8 Å². The molecule has 2 rings (SSSR count). The highest BCUT2D eigenvalue weighted by Gasteiger charge is 2.36. The average molecular weight is 248 g/mol. The fraction of sp³-hybridized carbons (Fsp3) is 0.625. The molecule has 0 spiro atoms. The lowest BCUT2D eigenvalue weighted by atomic mass is 9.73. The van der Waals surface area contributed by atoms with Crippen LogP contribution in [0.15, 0.2) is 18.2 Å². The van der Waals surface area contributed by atoms with E-state index >= 15 is 0 Å². The number of hydrogen-bond donors (Lipinski definition) is 1. The fourth-order valence-corrected chi connectivity index (χ4v) is 3.03. The van der Waals surface area contributed by atoms with Crippen LogP contribution in [0.5, 0.6) is 5.75 Å². The molecule has 2 unspecified atom stereocenters. The van der Waals surface area contributed by atoms with Crippen molar-refractivity contribution in [3.63, 3.8) is 0 Å². The number of benzene rings is 1. The summed E-state index contributed by atoms with van der Waals surface area (Å²) in [6.45, 7) is 4.25. The van der Waals surface area contributed by atoms with Gasteiger partial charge in [-0.3, -0.25) is 0 Å². The van der Waals surface area contributed by atoms with E-state index in [1.807, 2.05) is 6.07 Å². The minimum absolute atomic E-state index is 0.372. The minimum Gasteiger partial charge on any atom is -0.496 e. The summed E-state index contributed by atoms with van der Waals surface area (Å²) in [5.41, 5.74) is 1.80. The van der Waals surface area contributed by atoms with Gasteiger partial charge in [-0.15, -0.1) is 0 Å². The van der Waals surface area contributed by atoms with Crippen molar-refractivity contribution in [1.29, 1.82) is 0 Å². The molecule has 18 heavy (non-hydrogen) atoms. The molecule has 0 amide bonds. The van der Waals surface area contributed by atoms with Crippen LogP contribution >= 0.6 is 0 Å². The van der Waals surface area contributed by atoms with Crippen LogP contribution in [0.1, 0.15) is 43.7 Å². The van der Waals surface area contributed by atoms with E-state index in [2.05, 4.69) is 26.0 Å². The highest BCUT2D eigenvalue weighted by atomic mass is 16.5. The van der Waals surface area contributed by atoms with E-state index < -0.39 is 5.60 Å². The highest BCUT2D eigenvalue weighted by Crippen LogP contribution is 2.37. The first kappa shape index (κ1) is 13.4. The second-order valence-corrected chi connectivity index (χ2v) is 5.74. The third kappa shape index (κ3) is 2.69. The summed E-state index contributed by atoms with van der Waals surface area (Å²) in [4.78, 5) is 0. The van der Waals surface area contributed by atoms with E-state index in [9.17, 15) is 5.11 Å². The Morgan fingerprint density at radius 3 is 2.83 bits per heavy atom. The number of rotatable bonds is 3. The molecule has 100 valence electrons. The molecule has 0 aromatic heterocycles. The topological polar surface area (TPSA) is 29.5 Å². The van der Waals surface area contributed by atoms with Crippen LogP contribution < -0.4 is 4.74 Å². The van der Waals surface area contributed by atoms with Crippen molar-refractivity contribution in [2.75, 3.05) is 7.11 Å². The quantitative estimate of drug-likeness (QED) is 0.887. The molecule has 2 atom stereocenters. The zero-order valence-corrected chi connectivity index (χ0v) is 11.7. The maximum Gasteiger partial charge on any atom is 0.122 e. The fourth-order valence-electron chi connectivity index (χ4n) is 3.03. The smallest absolute Gasteiger partial charge is 0.122 e. The van der Waals surface area contributed by atoms with Crippen LogP contribution in [0.25, 0.3) is 0 Å². The lowest BCUT2D eigenvalue weighted by Gasteiger charge is -2.38. The second kappa shape index (κ2) is 5.31. The number of aliphatic hydroxyl groups is 1. The van der Waals surface area contributed by atoms with E-state index in [1.54, 1.807) is 7.11 Å². The Kier molecular flexibility index (Phi) is 3.96. The summed E-state index contributed by atoms with van der Waals surface area (Å²) < 4.78 is 5.41. The van der Waals surface area contributed by atoms with Gasteiger partial charge in [0.15, 0.2) is 0 Å². The van der Waals surface area contributed by atoms with Crippen molar-refractivity contribution in [3.8, 4) is 5.75 Å². The molecule has 2 heteroatoms. The predicted molar refractivity (Wildman–Crippen MR) is 74.0 cm³/mol. The Morgan fingerprint density at radius 1 is 1.39 bits per heavy atom. The van der Waals surface area contributed by atoms with Gasteiger partial charge < -0.3 is 9.84 Å². The van der Waals surface area contributed by atoms with E-state index in [-0.39, 0.29) is 0 Å². The molecule has 1 aliphatic rings. The van der Waals surface area contributed by atoms with Gasteiger partial charge in [-0.05, 0) is 37.3 Å². The molecule has 0 heterocycles. The third-order valence-electron chi connectivity index (χ3n) is 4.35. The number of hydrogen-bond acceptors (Lipinski definition) is 2. The number of methoxy groups -OCH3 is 1. The van der Waals surface area contributed by atoms with Crippen molar-refractivity contribution >= 4 is 0 Å². The first-order valence-corrected chi connectivity index (χ1v) is 6.91. The standard InChI is InChI=1S/C16H24O2/c1-12-7-8-15(18-3)14(10-12)11-16(17)9-5-4-6-13(16)2/h7-8,10,13,17H,4-6,9,11H2,1-3H3. The lowest BCUT2D eigenvalue weighted by molar-refractivity contribution is -0.0408. The summed E-state index contributed by atoms with van der Waals surface area (Å²) in [5.74, 6) is 1.27. The molecular formula is C16H24O2. The molecule has 0 saturated heterocycles. The molecule has 1 fully saturated rings. The lowest BCUT2D eigenvalue weighted by Crippen LogP contribution is -2.41. The normalized spacial score (nSPS) is 28.1. The van der Waals surface area contributed by atoms with E-state index in [0.29, 0.717) is 12.3 Å². The van der Waals surface area contributed by atoms with Crippen molar-refractivity contribution < 1.29 is 9.84 Å². The summed E-state index contributed by atoms with van der Waals surface area (Å²) in [5, 5.41) is 10.8. The van der Waals surface area contributed by atoms with Crippen molar-refractivity contribution in [2.24, 2.45) is 5.92 Å². The van der Waals surface area contributed by atoms with Crippen molar-refractivity contribution in [1.82, 2.24) is 0 Å². The zero-order chi connectivity index (χ0) is 13.2. The molecule has 1 aromatic carbocycles. The largest absolute Gasteiger partial charge is 0.496 e. The monoisotopic (exact) mass is 248 g/mol. The minimum atomic E-state index is -0.556. The zero-order valence-electron chi connectivity index (χ0n) is 11.7. The highest BCUT2D eigenvalue weighted by molar-refractivity contribution is 5.38. The summed E-state index contributed by atoms with van der Waals surface area (Å²) in [6, 6.07) is 6.19. The van der Waals surface area contributed by atoms with E-state index in [0.717, 1.165) is 30.6 Å². The Bertz CT molecular complexity index is 414. The molecular weight excluding hydrogens is 224 g/mol. The Balaban J connectivity index is 2.24. The van der Waals surface area contributed by atoms with Crippen LogP contribution in [0.2, 0.25) is 0 Å². The molecule has 0 aliphatic heterocycles. The van der Waals surface area contributed by atoms with Crippen LogP contribution in [0.4, 0.5) is 0 Å². The first-order valence-electron chi connectivity index (χ1n) is 6.91. The maximum absolute atomic E-state index is 10.8. The average Bonchev–Trinajstić information content (AvgIpc) is 2.33. The molecule has 1 N–H and O–H groups in total. The van der Waals surface area contributed by atoms with Gasteiger partial charge >= 0.3 is 0 Å². The Hall–Kier alpha value is -1.02. The molecule has 0 bridgehead atoms. The molecule has 1 saturated carbocycles. The van der Waals surface area contributed by atoms with Gasteiger partial charge in [0.1, 0.15) is 5.75 Å². The van der Waals surface area contributed by atoms with Gasteiger partial charge in [-0.2, -0.15) is 0 Å². The van der Waals surface area contributed by atoms with Crippen molar-refractivity contribution in [3.05, 3.63) is 29.3 Å². The summed E-state index contributed by atoms with van der Waals surface area (Å²) in [7, 11) is 1.70. The summed E-state index contributed by atoms with van der Waals surface area (Å²) in [6.07, 6.45) is 5.12. The number of ether oxygens (including phenoxy) is 1. The Labute approximate surface area is 110 Å². The molecule has 1 aromatic rings. The summed E-state index contributed by atoms with van der Waals surface area (Å²) >= 11 is 0.